The van der Waals surface area contributed by atoms with Crippen LogP contribution >= 0.6 is 0 Å². The molecule has 1 N–H and O–H groups in total. The van der Waals surface area contributed by atoms with Crippen LogP contribution in [0.5, 0.6) is 0 Å². The number of hydrogen-bond donors (Lipinski definition) is 1. The molecule has 0 fully saturated rings. The Bertz CT molecular complexity index is 946. The quantitative estimate of drug-likeness (QED) is 0.436. The molecule has 2 aromatic heterocycles. The topological polar surface area (TPSA) is 85.3 Å². The Balaban J connectivity index is 1.86. The summed E-state index contributed by atoms with van der Waals surface area (Å²) >= 11 is 0. The van der Waals surface area contributed by atoms with Crippen LogP contribution in [0.4, 0.5) is 11.5 Å². The molecule has 0 atom stereocenters. The molecule has 0 saturated carbocycles. The summed E-state index contributed by atoms with van der Waals surface area (Å²) in [6, 6.07) is 12.8. The number of nitro groups is 1. The Morgan fingerprint density at radius 1 is 1.20 bits per heavy atom. The number of aromatic nitrogens is 2. The molecule has 0 bridgehead atoms. The number of nitrogens with zero attached hydrogens (tertiary/aromatic N) is 4. The van der Waals surface area contributed by atoms with Gasteiger partial charge in [-0.25, -0.2) is 4.98 Å². The summed E-state index contributed by atoms with van der Waals surface area (Å²) < 4.78 is 2.01. The third-order valence-corrected chi connectivity index (χ3v) is 3.97. The molecule has 126 valence electrons. The predicted molar refractivity (Wildman–Crippen MR) is 97.4 cm³/mol. The van der Waals surface area contributed by atoms with Crippen molar-refractivity contribution in [3.63, 3.8) is 0 Å². The average Bonchev–Trinajstić information content (AvgIpc) is 3.06. The smallest absolute Gasteiger partial charge is 0.313 e. The fraction of sp³-hybridized carbons (Fsp3) is 0.111. The zero-order valence-corrected chi connectivity index (χ0v) is 13.9. The number of hydrogen-bond acceptors (Lipinski definition) is 5. The van der Waals surface area contributed by atoms with E-state index in [0.717, 1.165) is 11.4 Å². The van der Waals surface area contributed by atoms with Gasteiger partial charge >= 0.3 is 5.69 Å². The molecule has 0 saturated heterocycles. The van der Waals surface area contributed by atoms with Crippen molar-refractivity contribution in [3.8, 4) is 5.69 Å². The molecule has 2 heterocycles. The van der Waals surface area contributed by atoms with Crippen LogP contribution in [0.3, 0.4) is 0 Å². The minimum Gasteiger partial charge on any atom is -0.315 e. The van der Waals surface area contributed by atoms with E-state index in [-0.39, 0.29) is 11.5 Å². The molecule has 3 aromatic rings. The lowest BCUT2D eigenvalue weighted by Gasteiger charge is -2.11. The maximum absolute atomic E-state index is 11.0. The Hall–Kier alpha value is -3.48. The highest BCUT2D eigenvalue weighted by molar-refractivity contribution is 5.79. The minimum atomic E-state index is -0.496. The van der Waals surface area contributed by atoms with Gasteiger partial charge in [0, 0.05) is 24.1 Å². The molecule has 0 aliphatic carbocycles. The number of hydrazone groups is 1. The Morgan fingerprint density at radius 3 is 2.84 bits per heavy atom. The fourth-order valence-corrected chi connectivity index (χ4v) is 2.51. The molecular weight excluding hydrogens is 318 g/mol. The van der Waals surface area contributed by atoms with E-state index in [4.69, 9.17) is 0 Å². The second-order valence-electron chi connectivity index (χ2n) is 5.52. The van der Waals surface area contributed by atoms with E-state index in [9.17, 15) is 10.1 Å². The first-order chi connectivity index (χ1) is 12.1. The number of nitrogens with one attached hydrogen (secondary N) is 1. The first-order valence-electron chi connectivity index (χ1n) is 7.70. The van der Waals surface area contributed by atoms with Crippen LogP contribution in [0.25, 0.3) is 5.69 Å². The number of rotatable bonds is 5. The maximum atomic E-state index is 11.0. The zero-order valence-electron chi connectivity index (χ0n) is 13.9. The number of benzene rings is 1. The molecule has 1 aromatic carbocycles. The predicted octanol–water partition coefficient (Wildman–Crippen LogP) is 3.84. The largest absolute Gasteiger partial charge is 0.315 e. The van der Waals surface area contributed by atoms with Gasteiger partial charge in [-0.15, -0.1) is 0 Å². The average molecular weight is 335 g/mol. The normalized spacial score (nSPS) is 11.0. The van der Waals surface area contributed by atoms with E-state index in [1.807, 2.05) is 35.0 Å². The van der Waals surface area contributed by atoms with Crippen molar-refractivity contribution in [2.45, 2.75) is 13.8 Å². The summed E-state index contributed by atoms with van der Waals surface area (Å²) in [4.78, 5) is 14.4. The Kier molecular flexibility index (Phi) is 4.56. The van der Waals surface area contributed by atoms with Gasteiger partial charge in [-0.3, -0.25) is 15.5 Å². The summed E-state index contributed by atoms with van der Waals surface area (Å²) in [5.74, 6) is 0.105. The van der Waals surface area contributed by atoms with E-state index in [0.29, 0.717) is 0 Å². The lowest BCUT2D eigenvalue weighted by atomic mass is 10.1. The van der Waals surface area contributed by atoms with Gasteiger partial charge in [0.2, 0.25) is 5.82 Å². The summed E-state index contributed by atoms with van der Waals surface area (Å²) in [6.45, 7) is 4.14. The van der Waals surface area contributed by atoms with Gasteiger partial charge in [0.25, 0.3) is 0 Å². The summed E-state index contributed by atoms with van der Waals surface area (Å²) in [6.07, 6.45) is 5.04. The van der Waals surface area contributed by atoms with Crippen molar-refractivity contribution in [1.29, 1.82) is 0 Å². The zero-order chi connectivity index (χ0) is 17.8. The van der Waals surface area contributed by atoms with Crippen molar-refractivity contribution < 1.29 is 4.92 Å². The second kappa shape index (κ2) is 6.96. The van der Waals surface area contributed by atoms with Gasteiger partial charge in [0.05, 0.1) is 16.8 Å². The van der Waals surface area contributed by atoms with E-state index in [1.54, 1.807) is 6.21 Å². The van der Waals surface area contributed by atoms with Gasteiger partial charge in [-0.2, -0.15) is 5.10 Å². The summed E-state index contributed by atoms with van der Waals surface area (Å²) in [5, 5.41) is 15.1. The van der Waals surface area contributed by atoms with Crippen LogP contribution in [0.1, 0.15) is 16.8 Å². The molecule has 3 rings (SSSR count). The van der Waals surface area contributed by atoms with E-state index < -0.39 is 4.92 Å². The highest BCUT2D eigenvalue weighted by atomic mass is 16.6. The van der Waals surface area contributed by atoms with Gasteiger partial charge in [-0.05, 0) is 49.2 Å². The lowest BCUT2D eigenvalue weighted by Crippen LogP contribution is -2.03. The summed E-state index contributed by atoms with van der Waals surface area (Å²) in [7, 11) is 0. The van der Waals surface area contributed by atoms with Crippen LogP contribution in [0.2, 0.25) is 0 Å². The first-order valence-corrected chi connectivity index (χ1v) is 7.70. The number of anilines is 1. The summed E-state index contributed by atoms with van der Waals surface area (Å²) in [5.41, 5.74) is 6.82. The Morgan fingerprint density at radius 2 is 2.04 bits per heavy atom. The van der Waals surface area contributed by atoms with Gasteiger partial charge in [0.1, 0.15) is 0 Å². The highest BCUT2D eigenvalue weighted by Gasteiger charge is 2.13. The third-order valence-electron chi connectivity index (χ3n) is 3.97. The number of aryl methyl sites for hydroxylation is 1. The van der Waals surface area contributed by atoms with Crippen molar-refractivity contribution in [2.24, 2.45) is 5.10 Å². The minimum absolute atomic E-state index is 0.105. The molecule has 0 amide bonds. The SMILES string of the molecule is Cc1cccc(-n2cccc2/C=N\Nc2ncccc2[N+](=O)[O-])c1C. The molecular formula is C18H17N5O2. The van der Waals surface area contributed by atoms with Crippen LogP contribution in [-0.2, 0) is 0 Å². The van der Waals surface area contributed by atoms with Crippen LogP contribution in [-0.4, -0.2) is 20.7 Å². The van der Waals surface area contributed by atoms with Gasteiger partial charge in [0.15, 0.2) is 0 Å². The van der Waals surface area contributed by atoms with Crippen molar-refractivity contribution in [3.05, 3.63) is 81.8 Å². The Labute approximate surface area is 144 Å². The lowest BCUT2D eigenvalue weighted by molar-refractivity contribution is -0.384. The van der Waals surface area contributed by atoms with Crippen LogP contribution in [0.15, 0.2) is 60.0 Å². The fourth-order valence-electron chi connectivity index (χ4n) is 2.51. The molecule has 7 nitrogen and oxygen atoms in total. The molecule has 0 spiro atoms. The van der Waals surface area contributed by atoms with E-state index >= 15 is 0 Å². The third kappa shape index (κ3) is 3.40. The van der Waals surface area contributed by atoms with Crippen molar-refractivity contribution in [1.82, 2.24) is 9.55 Å². The monoisotopic (exact) mass is 335 g/mol. The van der Waals surface area contributed by atoms with Crippen molar-refractivity contribution >= 4 is 17.7 Å². The van der Waals surface area contributed by atoms with Crippen molar-refractivity contribution in [2.75, 3.05) is 5.43 Å². The standard InChI is InChI=1S/C18H17N5O2/c1-13-6-3-8-16(14(13)2)22-11-5-7-15(22)12-20-21-18-17(23(24)25)9-4-10-19-18/h3-12H,1-2H3,(H,19,21)/b20-12-. The second-order valence-corrected chi connectivity index (χ2v) is 5.52. The molecule has 0 aliphatic rings. The molecule has 0 aliphatic heterocycles. The highest BCUT2D eigenvalue weighted by Crippen LogP contribution is 2.21. The molecule has 7 heteroatoms. The van der Waals surface area contributed by atoms with Gasteiger partial charge < -0.3 is 4.57 Å². The van der Waals surface area contributed by atoms with E-state index in [2.05, 4.69) is 35.4 Å². The van der Waals surface area contributed by atoms with E-state index in [1.165, 1.54) is 29.5 Å². The van der Waals surface area contributed by atoms with Crippen LogP contribution in [0, 0.1) is 24.0 Å². The molecule has 0 radical (unpaired) electrons. The first kappa shape index (κ1) is 16.4. The van der Waals surface area contributed by atoms with Gasteiger partial charge in [-0.1, -0.05) is 12.1 Å². The van der Waals surface area contributed by atoms with Crippen LogP contribution < -0.4 is 5.43 Å². The molecule has 0 unspecified atom stereocenters. The maximum Gasteiger partial charge on any atom is 0.313 e. The number of pyridine rings is 1. The molecule has 25 heavy (non-hydrogen) atoms.